The van der Waals surface area contributed by atoms with E-state index in [1.165, 1.54) is 30.4 Å². The molecule has 0 saturated heterocycles. The molecule has 104 valence electrons. The zero-order valence-corrected chi connectivity index (χ0v) is 11.8. The minimum atomic E-state index is 0.122. The summed E-state index contributed by atoms with van der Waals surface area (Å²) in [5.74, 6) is 0.122. The lowest BCUT2D eigenvalue weighted by atomic mass is 10.0. The summed E-state index contributed by atoms with van der Waals surface area (Å²) < 4.78 is 0. The third kappa shape index (κ3) is 4.35. The molecule has 0 heterocycles. The van der Waals surface area contributed by atoms with Crippen LogP contribution in [0.3, 0.4) is 0 Å². The smallest absolute Gasteiger partial charge is 0.224 e. The van der Waals surface area contributed by atoms with Crippen LogP contribution in [0.15, 0.2) is 18.2 Å². The van der Waals surface area contributed by atoms with Crippen LogP contribution in [0.25, 0.3) is 0 Å². The zero-order chi connectivity index (χ0) is 13.5. The maximum atomic E-state index is 11.8. The number of rotatable bonds is 7. The van der Waals surface area contributed by atoms with E-state index in [-0.39, 0.29) is 5.91 Å². The third-order valence-electron chi connectivity index (χ3n) is 3.58. The number of hydrogen-bond acceptors (Lipinski definition) is 2. The maximum absolute atomic E-state index is 11.8. The van der Waals surface area contributed by atoms with Crippen LogP contribution >= 0.6 is 0 Å². The number of carbonyl (C=O) groups excluding carboxylic acids is 1. The highest BCUT2D eigenvalue weighted by atomic mass is 16.1. The lowest BCUT2D eigenvalue weighted by molar-refractivity contribution is -0.120. The normalized spacial score (nSPS) is 13.3. The first-order chi connectivity index (χ1) is 9.29. The van der Waals surface area contributed by atoms with E-state index < -0.39 is 0 Å². The molecule has 1 amide bonds. The minimum Gasteiger partial charge on any atom is -0.355 e. The Morgan fingerprint density at radius 3 is 2.84 bits per heavy atom. The minimum absolute atomic E-state index is 0.122. The van der Waals surface area contributed by atoms with Gasteiger partial charge in [0, 0.05) is 13.1 Å². The van der Waals surface area contributed by atoms with Crippen LogP contribution in [0.4, 0.5) is 0 Å². The summed E-state index contributed by atoms with van der Waals surface area (Å²) in [6.45, 7) is 4.72. The zero-order valence-electron chi connectivity index (χ0n) is 11.8. The second-order valence-corrected chi connectivity index (χ2v) is 5.23. The van der Waals surface area contributed by atoms with Crippen molar-refractivity contribution in [3.05, 3.63) is 34.9 Å². The van der Waals surface area contributed by atoms with Gasteiger partial charge in [0.2, 0.25) is 5.91 Å². The van der Waals surface area contributed by atoms with Crippen LogP contribution in [-0.4, -0.2) is 25.5 Å². The van der Waals surface area contributed by atoms with Crippen LogP contribution in [0.1, 0.15) is 36.5 Å². The van der Waals surface area contributed by atoms with E-state index in [0.717, 1.165) is 25.1 Å². The van der Waals surface area contributed by atoms with Gasteiger partial charge in [-0.25, -0.2) is 0 Å². The molecule has 3 heteroatoms. The van der Waals surface area contributed by atoms with Crippen molar-refractivity contribution in [3.8, 4) is 0 Å². The predicted octanol–water partition coefficient (Wildman–Crippen LogP) is 1.83. The fourth-order valence-electron chi connectivity index (χ4n) is 2.58. The van der Waals surface area contributed by atoms with Crippen LogP contribution < -0.4 is 10.6 Å². The molecule has 0 saturated carbocycles. The Kier molecular flexibility index (Phi) is 5.40. The molecule has 0 fully saturated rings. The summed E-state index contributed by atoms with van der Waals surface area (Å²) >= 11 is 0. The van der Waals surface area contributed by atoms with Gasteiger partial charge in [-0.05, 0) is 48.9 Å². The maximum Gasteiger partial charge on any atom is 0.224 e. The molecule has 0 aromatic heterocycles. The molecule has 0 radical (unpaired) electrons. The Morgan fingerprint density at radius 1 is 1.16 bits per heavy atom. The molecule has 2 rings (SSSR count). The Morgan fingerprint density at radius 2 is 2.00 bits per heavy atom. The van der Waals surface area contributed by atoms with Crippen molar-refractivity contribution in [1.29, 1.82) is 0 Å². The molecule has 1 aromatic carbocycles. The largest absolute Gasteiger partial charge is 0.355 e. The van der Waals surface area contributed by atoms with E-state index in [1.807, 2.05) is 0 Å². The Hall–Kier alpha value is -1.35. The number of benzene rings is 1. The molecule has 3 nitrogen and oxygen atoms in total. The number of hydrogen-bond donors (Lipinski definition) is 2. The monoisotopic (exact) mass is 260 g/mol. The number of fused-ring (bicyclic) bond motifs is 1. The van der Waals surface area contributed by atoms with E-state index in [0.29, 0.717) is 13.0 Å². The Bertz CT molecular complexity index is 429. The summed E-state index contributed by atoms with van der Waals surface area (Å²) in [6.07, 6.45) is 5.26. The highest BCUT2D eigenvalue weighted by molar-refractivity contribution is 5.78. The highest BCUT2D eigenvalue weighted by Crippen LogP contribution is 2.22. The highest BCUT2D eigenvalue weighted by Gasteiger charge is 2.11. The average Bonchev–Trinajstić information content (AvgIpc) is 2.86. The SMILES string of the molecule is CCCNCCNC(=O)Cc1ccc2c(c1)CCC2. The lowest BCUT2D eigenvalue weighted by Gasteiger charge is -2.07. The van der Waals surface area contributed by atoms with Crippen LogP contribution in [0, 0.1) is 0 Å². The lowest BCUT2D eigenvalue weighted by Crippen LogP contribution is -2.33. The first-order valence-corrected chi connectivity index (χ1v) is 7.37. The van der Waals surface area contributed by atoms with Crippen molar-refractivity contribution < 1.29 is 4.79 Å². The van der Waals surface area contributed by atoms with Crippen LogP contribution in [0.2, 0.25) is 0 Å². The van der Waals surface area contributed by atoms with Gasteiger partial charge in [-0.3, -0.25) is 4.79 Å². The topological polar surface area (TPSA) is 41.1 Å². The van der Waals surface area contributed by atoms with Crippen molar-refractivity contribution >= 4 is 5.91 Å². The van der Waals surface area contributed by atoms with Gasteiger partial charge in [0.05, 0.1) is 6.42 Å². The summed E-state index contributed by atoms with van der Waals surface area (Å²) in [4.78, 5) is 11.8. The summed E-state index contributed by atoms with van der Waals surface area (Å²) in [7, 11) is 0. The van der Waals surface area contributed by atoms with Crippen molar-refractivity contribution in [2.24, 2.45) is 0 Å². The molecule has 0 aliphatic heterocycles. The van der Waals surface area contributed by atoms with Crippen molar-refractivity contribution in [2.45, 2.75) is 39.0 Å². The van der Waals surface area contributed by atoms with Gasteiger partial charge in [-0.15, -0.1) is 0 Å². The molecule has 0 bridgehead atoms. The Balaban J connectivity index is 1.73. The molecular formula is C16H24N2O. The van der Waals surface area contributed by atoms with Gasteiger partial charge in [0.1, 0.15) is 0 Å². The molecule has 2 N–H and O–H groups in total. The van der Waals surface area contributed by atoms with Gasteiger partial charge in [0.25, 0.3) is 0 Å². The van der Waals surface area contributed by atoms with Crippen LogP contribution in [0.5, 0.6) is 0 Å². The first-order valence-electron chi connectivity index (χ1n) is 7.37. The molecule has 1 aromatic rings. The van der Waals surface area contributed by atoms with Crippen molar-refractivity contribution in [1.82, 2.24) is 10.6 Å². The molecule has 1 aliphatic rings. The molecule has 0 spiro atoms. The second-order valence-electron chi connectivity index (χ2n) is 5.23. The molecule has 1 aliphatic carbocycles. The van der Waals surface area contributed by atoms with Crippen LogP contribution in [-0.2, 0) is 24.1 Å². The summed E-state index contributed by atoms with van der Waals surface area (Å²) in [5.41, 5.74) is 4.04. The van der Waals surface area contributed by atoms with Gasteiger partial charge in [-0.2, -0.15) is 0 Å². The van der Waals surface area contributed by atoms with E-state index in [2.05, 4.69) is 35.8 Å². The second kappa shape index (κ2) is 7.29. The van der Waals surface area contributed by atoms with E-state index in [9.17, 15) is 4.79 Å². The number of nitrogens with one attached hydrogen (secondary N) is 2. The fraction of sp³-hybridized carbons (Fsp3) is 0.562. The molecule has 19 heavy (non-hydrogen) atoms. The first kappa shape index (κ1) is 14.1. The van der Waals surface area contributed by atoms with E-state index in [1.54, 1.807) is 0 Å². The molecule has 0 atom stereocenters. The third-order valence-corrected chi connectivity index (χ3v) is 3.58. The number of carbonyl (C=O) groups is 1. The summed E-state index contributed by atoms with van der Waals surface area (Å²) in [5, 5.41) is 6.23. The van der Waals surface area contributed by atoms with Gasteiger partial charge >= 0.3 is 0 Å². The van der Waals surface area contributed by atoms with Gasteiger partial charge in [-0.1, -0.05) is 25.1 Å². The fourth-order valence-corrected chi connectivity index (χ4v) is 2.58. The molecular weight excluding hydrogens is 236 g/mol. The van der Waals surface area contributed by atoms with E-state index >= 15 is 0 Å². The van der Waals surface area contributed by atoms with Crippen molar-refractivity contribution in [3.63, 3.8) is 0 Å². The number of amides is 1. The van der Waals surface area contributed by atoms with E-state index in [4.69, 9.17) is 0 Å². The predicted molar refractivity (Wildman–Crippen MR) is 78.3 cm³/mol. The summed E-state index contributed by atoms with van der Waals surface area (Å²) in [6, 6.07) is 6.49. The van der Waals surface area contributed by atoms with Gasteiger partial charge < -0.3 is 10.6 Å². The number of aryl methyl sites for hydroxylation is 2. The van der Waals surface area contributed by atoms with Crippen molar-refractivity contribution in [2.75, 3.05) is 19.6 Å². The Labute approximate surface area is 115 Å². The quantitative estimate of drug-likeness (QED) is 0.734. The average molecular weight is 260 g/mol. The standard InChI is InChI=1S/C16H24N2O/c1-2-8-17-9-10-18-16(19)12-13-6-7-14-4-3-5-15(14)11-13/h6-7,11,17H,2-5,8-10,12H2,1H3,(H,18,19). The van der Waals surface area contributed by atoms with Gasteiger partial charge in [0.15, 0.2) is 0 Å². The molecule has 0 unspecified atom stereocenters.